The van der Waals surface area contributed by atoms with Crippen LogP contribution >= 0.6 is 0 Å². The van der Waals surface area contributed by atoms with Crippen LogP contribution in [-0.4, -0.2) is 28.9 Å². The zero-order valence-corrected chi connectivity index (χ0v) is 12.5. The number of aryl methyl sites for hydroxylation is 1. The Morgan fingerprint density at radius 2 is 2.14 bits per heavy atom. The molecule has 0 radical (unpaired) electrons. The van der Waals surface area contributed by atoms with Crippen LogP contribution in [0.1, 0.15) is 28.2 Å². The van der Waals surface area contributed by atoms with E-state index in [0.717, 1.165) is 19.3 Å². The Labute approximate surface area is 128 Å². The first-order valence-corrected chi connectivity index (χ1v) is 7.63. The summed E-state index contributed by atoms with van der Waals surface area (Å²) >= 11 is 0. The number of aromatic amines is 1. The van der Waals surface area contributed by atoms with E-state index in [1.807, 2.05) is 18.0 Å². The van der Waals surface area contributed by atoms with E-state index >= 15 is 0 Å². The minimum absolute atomic E-state index is 0.0432. The maximum Gasteiger partial charge on any atom is 0.289 e. The van der Waals surface area contributed by atoms with E-state index in [1.165, 1.54) is 22.2 Å². The maximum absolute atomic E-state index is 12.4. The van der Waals surface area contributed by atoms with Gasteiger partial charge in [-0.1, -0.05) is 18.2 Å². The topological polar surface area (TPSA) is 49.2 Å². The van der Waals surface area contributed by atoms with Crippen LogP contribution < -0.4 is 0 Å². The Bertz CT molecular complexity index is 817. The van der Waals surface area contributed by atoms with E-state index in [4.69, 9.17) is 4.42 Å². The summed E-state index contributed by atoms with van der Waals surface area (Å²) in [6.07, 6.45) is 4.38. The molecule has 1 amide bonds. The van der Waals surface area contributed by atoms with Crippen molar-refractivity contribution in [2.45, 2.75) is 25.3 Å². The Morgan fingerprint density at radius 3 is 2.95 bits per heavy atom. The number of nitrogens with one attached hydrogen (secondary N) is 1. The highest BCUT2D eigenvalue weighted by Gasteiger charge is 2.28. The van der Waals surface area contributed by atoms with Crippen molar-refractivity contribution in [1.29, 1.82) is 0 Å². The van der Waals surface area contributed by atoms with Gasteiger partial charge in [-0.2, -0.15) is 0 Å². The van der Waals surface area contributed by atoms with Gasteiger partial charge in [0.25, 0.3) is 5.91 Å². The van der Waals surface area contributed by atoms with Gasteiger partial charge in [-0.3, -0.25) is 4.79 Å². The molecule has 2 aromatic heterocycles. The smallest absolute Gasteiger partial charge is 0.289 e. The Kier molecular flexibility index (Phi) is 3.03. The van der Waals surface area contributed by atoms with E-state index in [-0.39, 0.29) is 11.9 Å². The lowest BCUT2D eigenvalue weighted by molar-refractivity contribution is 0.0686. The van der Waals surface area contributed by atoms with Crippen LogP contribution in [0, 0.1) is 0 Å². The van der Waals surface area contributed by atoms with Crippen LogP contribution in [0.4, 0.5) is 0 Å². The summed E-state index contributed by atoms with van der Waals surface area (Å²) in [7, 11) is 1.87. The number of para-hydroxylation sites is 1. The van der Waals surface area contributed by atoms with Crippen molar-refractivity contribution in [2.75, 3.05) is 7.05 Å². The van der Waals surface area contributed by atoms with E-state index in [0.29, 0.717) is 5.76 Å². The predicted octanol–water partition coefficient (Wildman–Crippen LogP) is 3.39. The van der Waals surface area contributed by atoms with Crippen LogP contribution in [0.15, 0.2) is 47.1 Å². The van der Waals surface area contributed by atoms with Crippen LogP contribution in [0.3, 0.4) is 0 Å². The van der Waals surface area contributed by atoms with Crippen molar-refractivity contribution in [3.63, 3.8) is 0 Å². The number of nitrogens with zero attached hydrogens (tertiary/aromatic N) is 1. The summed E-state index contributed by atoms with van der Waals surface area (Å²) < 4.78 is 5.23. The van der Waals surface area contributed by atoms with Crippen LogP contribution in [0.5, 0.6) is 0 Å². The number of likely N-dealkylation sites (N-methyl/N-ethyl adjacent to an activating group) is 1. The van der Waals surface area contributed by atoms with Crippen molar-refractivity contribution in [2.24, 2.45) is 0 Å². The molecular weight excluding hydrogens is 276 g/mol. The lowest BCUT2D eigenvalue weighted by atomic mass is 9.90. The highest BCUT2D eigenvalue weighted by atomic mass is 16.3. The van der Waals surface area contributed by atoms with Crippen molar-refractivity contribution in [1.82, 2.24) is 9.88 Å². The molecule has 22 heavy (non-hydrogen) atoms. The maximum atomic E-state index is 12.4. The molecule has 0 spiro atoms. The molecule has 1 aliphatic carbocycles. The minimum Gasteiger partial charge on any atom is -0.459 e. The van der Waals surface area contributed by atoms with Crippen molar-refractivity contribution >= 4 is 16.8 Å². The molecule has 1 unspecified atom stereocenters. The number of hydrogen-bond acceptors (Lipinski definition) is 2. The van der Waals surface area contributed by atoms with E-state index < -0.39 is 0 Å². The fourth-order valence-corrected chi connectivity index (χ4v) is 3.42. The van der Waals surface area contributed by atoms with Gasteiger partial charge in [-0.25, -0.2) is 0 Å². The fourth-order valence-electron chi connectivity index (χ4n) is 3.42. The van der Waals surface area contributed by atoms with Gasteiger partial charge in [0.2, 0.25) is 0 Å². The largest absolute Gasteiger partial charge is 0.459 e. The van der Waals surface area contributed by atoms with Gasteiger partial charge >= 0.3 is 0 Å². The number of H-pyrrole nitrogens is 1. The number of furan rings is 1. The van der Waals surface area contributed by atoms with Crippen LogP contribution in [0.25, 0.3) is 10.9 Å². The summed E-state index contributed by atoms with van der Waals surface area (Å²) in [5.41, 5.74) is 3.86. The number of aromatic nitrogens is 1. The van der Waals surface area contributed by atoms with Crippen LogP contribution in [0.2, 0.25) is 0 Å². The number of amides is 1. The highest BCUT2D eigenvalue weighted by molar-refractivity contribution is 5.91. The molecule has 0 bridgehead atoms. The van der Waals surface area contributed by atoms with Gasteiger partial charge in [0.15, 0.2) is 5.76 Å². The average molecular weight is 294 g/mol. The normalized spacial score (nSPS) is 17.4. The Hall–Kier alpha value is -2.49. The number of carbonyl (C=O) groups excluding carboxylic acids is 1. The molecule has 2 heterocycles. The summed E-state index contributed by atoms with van der Waals surface area (Å²) in [6.45, 7) is 0. The second kappa shape index (κ2) is 5.05. The number of rotatable bonds is 2. The molecule has 4 heteroatoms. The monoisotopic (exact) mass is 294 g/mol. The van der Waals surface area contributed by atoms with Crippen molar-refractivity contribution in [3.8, 4) is 0 Å². The van der Waals surface area contributed by atoms with E-state index in [2.05, 4.69) is 23.2 Å². The third kappa shape index (κ3) is 2.03. The Balaban J connectivity index is 1.62. The minimum atomic E-state index is -0.0432. The van der Waals surface area contributed by atoms with Gasteiger partial charge in [-0.15, -0.1) is 0 Å². The van der Waals surface area contributed by atoms with Crippen molar-refractivity contribution in [3.05, 3.63) is 59.7 Å². The van der Waals surface area contributed by atoms with Gasteiger partial charge in [0.1, 0.15) is 0 Å². The molecule has 0 saturated carbocycles. The predicted molar refractivity (Wildman–Crippen MR) is 84.9 cm³/mol. The van der Waals surface area contributed by atoms with E-state index in [1.54, 1.807) is 18.4 Å². The molecule has 0 saturated heterocycles. The first-order valence-electron chi connectivity index (χ1n) is 7.63. The number of carbonyl (C=O) groups is 1. The number of hydrogen-bond donors (Lipinski definition) is 1. The quantitative estimate of drug-likeness (QED) is 0.787. The molecule has 1 atom stereocenters. The molecule has 1 N–H and O–H groups in total. The second-order valence-electron chi connectivity index (χ2n) is 5.92. The van der Waals surface area contributed by atoms with Crippen LogP contribution in [-0.2, 0) is 12.8 Å². The molecule has 3 aromatic rings. The summed E-state index contributed by atoms with van der Waals surface area (Å²) in [6, 6.07) is 12.1. The van der Waals surface area contributed by atoms with E-state index in [9.17, 15) is 4.79 Å². The van der Waals surface area contributed by atoms with Gasteiger partial charge in [-0.05, 0) is 43.0 Å². The molecule has 0 fully saturated rings. The third-order valence-electron chi connectivity index (χ3n) is 4.67. The summed E-state index contributed by atoms with van der Waals surface area (Å²) in [4.78, 5) is 17.8. The first-order chi connectivity index (χ1) is 10.7. The first kappa shape index (κ1) is 13.2. The molecule has 1 aliphatic rings. The van der Waals surface area contributed by atoms with Gasteiger partial charge in [0.05, 0.1) is 6.26 Å². The van der Waals surface area contributed by atoms with Gasteiger partial charge in [0, 0.05) is 29.7 Å². The highest BCUT2D eigenvalue weighted by Crippen LogP contribution is 2.31. The standard InChI is InChI=1S/C18H18N2O2/c1-20(18(21)17-7-4-10-22-17)12-8-9-16-14(11-12)13-5-2-3-6-15(13)19-16/h2-7,10,12,19H,8-9,11H2,1H3. The lowest BCUT2D eigenvalue weighted by Crippen LogP contribution is -2.40. The SMILES string of the molecule is CN(C(=O)c1ccco1)C1CCc2[nH]c3ccccc3c2C1. The summed E-state index contributed by atoms with van der Waals surface area (Å²) in [5, 5.41) is 1.28. The second-order valence-corrected chi connectivity index (χ2v) is 5.92. The average Bonchev–Trinajstić information content (AvgIpc) is 3.20. The third-order valence-corrected chi connectivity index (χ3v) is 4.67. The zero-order valence-electron chi connectivity index (χ0n) is 12.5. The Morgan fingerprint density at radius 1 is 1.27 bits per heavy atom. The number of benzene rings is 1. The zero-order chi connectivity index (χ0) is 15.1. The molecule has 4 rings (SSSR count). The molecular formula is C18H18N2O2. The number of fused-ring (bicyclic) bond motifs is 3. The molecule has 1 aromatic carbocycles. The fraction of sp³-hybridized carbons (Fsp3) is 0.278. The molecule has 4 nitrogen and oxygen atoms in total. The van der Waals surface area contributed by atoms with Gasteiger partial charge < -0.3 is 14.3 Å². The molecule has 112 valence electrons. The molecule has 0 aliphatic heterocycles. The lowest BCUT2D eigenvalue weighted by Gasteiger charge is -2.31. The summed E-state index contributed by atoms with van der Waals surface area (Å²) in [5.74, 6) is 0.366. The van der Waals surface area contributed by atoms with Crippen molar-refractivity contribution < 1.29 is 9.21 Å².